The molecule has 1 aromatic carbocycles. The zero-order valence-electron chi connectivity index (χ0n) is 13.5. The van der Waals surface area contributed by atoms with Gasteiger partial charge in [-0.25, -0.2) is 9.67 Å². The predicted octanol–water partition coefficient (Wildman–Crippen LogP) is 1.13. The molecule has 2 N–H and O–H groups in total. The fraction of sp³-hybridized carbons (Fsp3) is 0.400. The Morgan fingerprint density at radius 1 is 1.44 bits per heavy atom. The van der Waals surface area contributed by atoms with Crippen molar-refractivity contribution < 1.29 is 14.3 Å². The number of anilines is 1. The lowest BCUT2D eigenvalue weighted by Gasteiger charge is -2.23. The third-order valence-electron chi connectivity index (χ3n) is 3.40. The summed E-state index contributed by atoms with van der Waals surface area (Å²) in [6.07, 6.45) is 3.12. The highest BCUT2D eigenvalue weighted by Gasteiger charge is 2.21. The summed E-state index contributed by atoms with van der Waals surface area (Å²) >= 11 is 0. The predicted molar refractivity (Wildman–Crippen MR) is 97.7 cm³/mol. The molecular formula is C15H21Cl2N5O3. The molecule has 0 aliphatic carbocycles. The van der Waals surface area contributed by atoms with Crippen LogP contribution in [0, 0.1) is 0 Å². The highest BCUT2D eigenvalue weighted by atomic mass is 35.5. The molecule has 1 atom stereocenters. The second-order valence-electron chi connectivity index (χ2n) is 5.11. The smallest absolute Gasteiger partial charge is 0.243 e. The minimum Gasteiger partial charge on any atom is -0.492 e. The summed E-state index contributed by atoms with van der Waals surface area (Å²) in [7, 11) is 0. The van der Waals surface area contributed by atoms with Crippen molar-refractivity contribution in [3.05, 3.63) is 36.9 Å². The number of aromatic nitrogens is 3. The molecule has 0 spiro atoms. The van der Waals surface area contributed by atoms with E-state index in [4.69, 9.17) is 9.47 Å². The van der Waals surface area contributed by atoms with Gasteiger partial charge in [-0.3, -0.25) is 4.79 Å². The van der Waals surface area contributed by atoms with Crippen molar-refractivity contribution in [3.8, 4) is 5.75 Å². The lowest BCUT2D eigenvalue weighted by molar-refractivity contribution is -0.120. The quantitative estimate of drug-likeness (QED) is 0.769. The minimum atomic E-state index is -0.319. The molecule has 0 saturated carbocycles. The number of halogens is 2. The molecule has 8 nitrogen and oxygen atoms in total. The van der Waals surface area contributed by atoms with E-state index in [1.165, 1.54) is 6.33 Å². The second-order valence-corrected chi connectivity index (χ2v) is 5.11. The molecule has 138 valence electrons. The van der Waals surface area contributed by atoms with Gasteiger partial charge in [0.25, 0.3) is 0 Å². The maximum absolute atomic E-state index is 12.1. The molecule has 1 fully saturated rings. The van der Waals surface area contributed by atoms with Gasteiger partial charge in [0, 0.05) is 18.3 Å². The van der Waals surface area contributed by atoms with Crippen molar-refractivity contribution >= 4 is 36.4 Å². The van der Waals surface area contributed by atoms with Crippen LogP contribution in [-0.2, 0) is 16.1 Å². The molecular weight excluding hydrogens is 369 g/mol. The summed E-state index contributed by atoms with van der Waals surface area (Å²) in [5, 5.41) is 9.99. The van der Waals surface area contributed by atoms with Crippen LogP contribution in [0.4, 0.5) is 5.69 Å². The van der Waals surface area contributed by atoms with Gasteiger partial charge in [0.15, 0.2) is 0 Å². The van der Waals surface area contributed by atoms with E-state index in [9.17, 15) is 4.79 Å². The number of carbonyl (C=O) groups is 1. The van der Waals surface area contributed by atoms with Crippen LogP contribution < -0.4 is 15.4 Å². The summed E-state index contributed by atoms with van der Waals surface area (Å²) in [6.45, 7) is 2.79. The normalized spacial score (nSPS) is 16.2. The minimum absolute atomic E-state index is 0. The van der Waals surface area contributed by atoms with Crippen LogP contribution in [0.1, 0.15) is 0 Å². The monoisotopic (exact) mass is 389 g/mol. The molecule has 25 heavy (non-hydrogen) atoms. The molecule has 1 aliphatic heterocycles. The van der Waals surface area contributed by atoms with E-state index in [1.807, 2.05) is 18.2 Å². The van der Waals surface area contributed by atoms with Crippen LogP contribution in [0.5, 0.6) is 5.75 Å². The van der Waals surface area contributed by atoms with Crippen LogP contribution >= 0.6 is 24.8 Å². The van der Waals surface area contributed by atoms with E-state index < -0.39 is 0 Å². The lowest BCUT2D eigenvalue weighted by atomic mass is 10.2. The Labute approximate surface area is 158 Å². The Kier molecular flexibility index (Phi) is 9.22. The van der Waals surface area contributed by atoms with Crippen LogP contribution in [0.2, 0.25) is 0 Å². The molecule has 10 heteroatoms. The summed E-state index contributed by atoms with van der Waals surface area (Å²) in [4.78, 5) is 16.0. The Bertz CT molecular complexity index is 636. The molecule has 1 unspecified atom stereocenters. The number of benzene rings is 1. The van der Waals surface area contributed by atoms with Gasteiger partial charge in [0.2, 0.25) is 5.91 Å². The number of hydrogen-bond donors (Lipinski definition) is 2. The van der Waals surface area contributed by atoms with Crippen molar-refractivity contribution in [2.75, 3.05) is 31.7 Å². The first-order valence-electron chi connectivity index (χ1n) is 7.48. The third kappa shape index (κ3) is 6.50. The van der Waals surface area contributed by atoms with Gasteiger partial charge in [0.05, 0.1) is 19.8 Å². The fourth-order valence-electron chi connectivity index (χ4n) is 2.23. The zero-order valence-corrected chi connectivity index (χ0v) is 15.1. The number of ether oxygens (including phenoxy) is 2. The van der Waals surface area contributed by atoms with E-state index in [0.717, 1.165) is 0 Å². The van der Waals surface area contributed by atoms with Gasteiger partial charge in [-0.1, -0.05) is 6.07 Å². The van der Waals surface area contributed by atoms with Crippen molar-refractivity contribution in [1.29, 1.82) is 0 Å². The summed E-state index contributed by atoms with van der Waals surface area (Å²) < 4.78 is 12.7. The molecule has 2 heterocycles. The summed E-state index contributed by atoms with van der Waals surface area (Å²) in [6, 6.07) is 6.99. The number of morpholine rings is 1. The maximum Gasteiger partial charge on any atom is 0.243 e. The van der Waals surface area contributed by atoms with Crippen molar-refractivity contribution in [3.63, 3.8) is 0 Å². The van der Waals surface area contributed by atoms with Gasteiger partial charge in [-0.05, 0) is 12.1 Å². The van der Waals surface area contributed by atoms with E-state index in [1.54, 1.807) is 17.1 Å². The van der Waals surface area contributed by atoms with Crippen molar-refractivity contribution in [2.45, 2.75) is 12.6 Å². The largest absolute Gasteiger partial charge is 0.492 e. The first-order chi connectivity index (χ1) is 11.3. The standard InChI is InChI=1S/C15H19N5O3.2ClH/c21-15(14-9-22-6-4-17-14)19-12-2-1-3-13(8-12)23-7-5-20-11-16-10-18-20;;/h1-3,8,10-11,14,17H,4-7,9H2,(H,19,21);2*1H. The number of amides is 1. The van der Waals surface area contributed by atoms with Crippen molar-refractivity contribution in [2.24, 2.45) is 0 Å². The number of nitrogens with zero attached hydrogens (tertiary/aromatic N) is 3. The molecule has 1 saturated heterocycles. The Morgan fingerprint density at radius 3 is 3.04 bits per heavy atom. The Balaban J connectivity index is 0.00000156. The number of hydrogen-bond acceptors (Lipinski definition) is 6. The Hall–Kier alpha value is -1.87. The summed E-state index contributed by atoms with van der Waals surface area (Å²) in [5.41, 5.74) is 0.695. The topological polar surface area (TPSA) is 90.3 Å². The van der Waals surface area contributed by atoms with Crippen LogP contribution in [0.25, 0.3) is 0 Å². The summed E-state index contributed by atoms with van der Waals surface area (Å²) in [5.74, 6) is 0.584. The molecule has 0 radical (unpaired) electrons. The molecule has 2 aromatic rings. The van der Waals surface area contributed by atoms with Gasteiger partial charge in [-0.2, -0.15) is 5.10 Å². The SMILES string of the molecule is Cl.Cl.O=C(Nc1cccc(OCCn2cncn2)c1)C1COCCN1. The van der Waals surface area contributed by atoms with E-state index in [-0.39, 0.29) is 36.8 Å². The Morgan fingerprint density at radius 2 is 2.32 bits per heavy atom. The first-order valence-corrected chi connectivity index (χ1v) is 7.48. The lowest BCUT2D eigenvalue weighted by Crippen LogP contribution is -2.48. The van der Waals surface area contributed by atoms with Gasteiger partial charge in [-0.15, -0.1) is 24.8 Å². The molecule has 1 aromatic heterocycles. The average Bonchev–Trinajstić information content (AvgIpc) is 3.09. The van der Waals surface area contributed by atoms with Crippen LogP contribution in [0.15, 0.2) is 36.9 Å². The first kappa shape index (κ1) is 21.2. The van der Waals surface area contributed by atoms with Gasteiger partial charge in [0.1, 0.15) is 31.1 Å². The molecule has 1 amide bonds. The van der Waals surface area contributed by atoms with Crippen LogP contribution in [0.3, 0.4) is 0 Å². The third-order valence-corrected chi connectivity index (χ3v) is 3.40. The molecule has 0 bridgehead atoms. The number of carbonyl (C=O) groups excluding carboxylic acids is 1. The van der Waals surface area contributed by atoms with Crippen molar-refractivity contribution in [1.82, 2.24) is 20.1 Å². The fourth-order valence-corrected chi connectivity index (χ4v) is 2.23. The van der Waals surface area contributed by atoms with Gasteiger partial charge < -0.3 is 20.1 Å². The van der Waals surface area contributed by atoms with Crippen LogP contribution in [-0.4, -0.2) is 53.1 Å². The number of nitrogens with one attached hydrogen (secondary N) is 2. The maximum atomic E-state index is 12.1. The van der Waals surface area contributed by atoms with E-state index >= 15 is 0 Å². The molecule has 3 rings (SSSR count). The molecule has 1 aliphatic rings. The second kappa shape index (κ2) is 10.9. The van der Waals surface area contributed by atoms with E-state index in [2.05, 4.69) is 20.7 Å². The number of rotatable bonds is 6. The van der Waals surface area contributed by atoms with Gasteiger partial charge >= 0.3 is 0 Å². The van der Waals surface area contributed by atoms with E-state index in [0.29, 0.717) is 44.3 Å². The highest BCUT2D eigenvalue weighted by molar-refractivity contribution is 5.95. The highest BCUT2D eigenvalue weighted by Crippen LogP contribution is 2.17. The average molecular weight is 390 g/mol. The zero-order chi connectivity index (χ0) is 15.9.